The average molecular weight is 221 g/mol. The van der Waals surface area contributed by atoms with Crippen LogP contribution in [-0.2, 0) is 11.6 Å². The van der Waals surface area contributed by atoms with Crippen molar-refractivity contribution >= 4 is 0 Å². The summed E-state index contributed by atoms with van der Waals surface area (Å²) in [4.78, 5) is 9.25. The van der Waals surface area contributed by atoms with Crippen LogP contribution in [0, 0.1) is 11.3 Å². The Labute approximate surface area is 94.2 Å². The van der Waals surface area contributed by atoms with Crippen LogP contribution < -0.4 is 10.8 Å². The Morgan fingerprint density at radius 3 is 3.19 bits per heavy atom. The quantitative estimate of drug-likeness (QED) is 0.700. The number of hydroxylamine groups is 1. The molecule has 16 heavy (non-hydrogen) atoms. The molecular weight excluding hydrogens is 206 g/mol. The fourth-order valence-corrected chi connectivity index (χ4v) is 1.66. The molecule has 0 unspecified atom stereocenters. The van der Waals surface area contributed by atoms with E-state index in [1.165, 1.54) is 0 Å². The predicted octanol–water partition coefficient (Wildman–Crippen LogP) is 0.00598. The fourth-order valence-electron chi connectivity index (χ4n) is 1.66. The molecule has 2 atom stereocenters. The molecule has 1 aliphatic heterocycles. The minimum absolute atomic E-state index is 0.00769. The van der Waals surface area contributed by atoms with Gasteiger partial charge in [-0.3, -0.25) is 4.84 Å². The second kappa shape index (κ2) is 5.61. The number of hydrogen-bond acceptors (Lipinski definition) is 5. The van der Waals surface area contributed by atoms with E-state index in [4.69, 9.17) is 10.1 Å². The summed E-state index contributed by atoms with van der Waals surface area (Å²) in [6.07, 6.45) is 7.07. The summed E-state index contributed by atoms with van der Waals surface area (Å²) >= 11 is 0. The number of aromatic nitrogens is 2. The van der Waals surface area contributed by atoms with E-state index in [9.17, 15) is 0 Å². The molecule has 1 saturated heterocycles. The first-order valence-electron chi connectivity index (χ1n) is 5.34. The van der Waals surface area contributed by atoms with Crippen molar-refractivity contribution in [3.8, 4) is 6.07 Å². The minimum atomic E-state index is -0.00769. The Bertz CT molecular complexity index is 337. The number of imidazole rings is 1. The summed E-state index contributed by atoms with van der Waals surface area (Å²) in [5.74, 6) is 0. The standard InChI is InChI=1S/C10H15N5O/c11-5-9-1-2-10(6-13-9)14-16-8-15-4-3-12-7-15/h3-4,7,9-10,13-14H,1-2,6,8H2/t9-,10+/m0/s1. The molecule has 86 valence electrons. The summed E-state index contributed by atoms with van der Waals surface area (Å²) < 4.78 is 1.83. The Balaban J connectivity index is 1.63. The monoisotopic (exact) mass is 221 g/mol. The third-order valence-corrected chi connectivity index (χ3v) is 2.59. The summed E-state index contributed by atoms with van der Waals surface area (Å²) in [5.41, 5.74) is 2.98. The highest BCUT2D eigenvalue weighted by Crippen LogP contribution is 2.07. The first-order valence-corrected chi connectivity index (χ1v) is 5.34. The molecule has 0 spiro atoms. The van der Waals surface area contributed by atoms with Gasteiger partial charge in [0, 0.05) is 25.0 Å². The lowest BCUT2D eigenvalue weighted by Crippen LogP contribution is -2.47. The van der Waals surface area contributed by atoms with E-state index in [0.29, 0.717) is 6.73 Å². The maximum absolute atomic E-state index is 8.70. The van der Waals surface area contributed by atoms with E-state index in [-0.39, 0.29) is 12.1 Å². The van der Waals surface area contributed by atoms with Crippen molar-refractivity contribution in [1.82, 2.24) is 20.3 Å². The largest absolute Gasteiger partial charge is 0.312 e. The van der Waals surface area contributed by atoms with Gasteiger partial charge in [0.1, 0.15) is 6.73 Å². The van der Waals surface area contributed by atoms with Crippen LogP contribution in [0.2, 0.25) is 0 Å². The number of nitriles is 1. The molecule has 1 fully saturated rings. The minimum Gasteiger partial charge on any atom is -0.312 e. The number of piperidine rings is 1. The zero-order chi connectivity index (χ0) is 11.2. The molecule has 1 aromatic rings. The van der Waals surface area contributed by atoms with Crippen molar-refractivity contribution < 1.29 is 4.84 Å². The van der Waals surface area contributed by atoms with Gasteiger partial charge in [0.25, 0.3) is 0 Å². The van der Waals surface area contributed by atoms with Crippen LogP contribution in [0.15, 0.2) is 18.7 Å². The number of nitrogens with one attached hydrogen (secondary N) is 2. The third kappa shape index (κ3) is 3.03. The smallest absolute Gasteiger partial charge is 0.144 e. The molecule has 0 saturated carbocycles. The lowest BCUT2D eigenvalue weighted by Gasteiger charge is -2.26. The Kier molecular flexibility index (Phi) is 3.88. The Hall–Kier alpha value is -1.42. The van der Waals surface area contributed by atoms with Crippen LogP contribution in [0.25, 0.3) is 0 Å². The van der Waals surface area contributed by atoms with Crippen LogP contribution in [0.4, 0.5) is 0 Å². The summed E-state index contributed by atoms with van der Waals surface area (Å²) in [5, 5.41) is 11.8. The third-order valence-electron chi connectivity index (χ3n) is 2.59. The molecule has 0 radical (unpaired) electrons. The predicted molar refractivity (Wildman–Crippen MR) is 56.9 cm³/mol. The van der Waals surface area contributed by atoms with E-state index in [1.807, 2.05) is 10.8 Å². The average Bonchev–Trinajstić information content (AvgIpc) is 2.83. The highest BCUT2D eigenvalue weighted by atomic mass is 16.7. The van der Waals surface area contributed by atoms with Gasteiger partial charge in [-0.25, -0.2) is 4.98 Å². The highest BCUT2D eigenvalue weighted by Gasteiger charge is 2.19. The van der Waals surface area contributed by atoms with E-state index < -0.39 is 0 Å². The maximum Gasteiger partial charge on any atom is 0.144 e. The van der Waals surface area contributed by atoms with Gasteiger partial charge in [0.15, 0.2) is 0 Å². The molecule has 1 aliphatic rings. The SMILES string of the molecule is N#C[C@@H]1CC[C@@H](NOCn2ccnc2)CN1. The Morgan fingerprint density at radius 2 is 2.56 bits per heavy atom. The van der Waals surface area contributed by atoms with Gasteiger partial charge < -0.3 is 9.88 Å². The van der Waals surface area contributed by atoms with Crippen LogP contribution in [0.5, 0.6) is 0 Å². The zero-order valence-corrected chi connectivity index (χ0v) is 8.97. The molecule has 2 rings (SSSR count). The van der Waals surface area contributed by atoms with Crippen molar-refractivity contribution in [2.24, 2.45) is 0 Å². The van der Waals surface area contributed by atoms with Crippen LogP contribution in [-0.4, -0.2) is 28.2 Å². The highest BCUT2D eigenvalue weighted by molar-refractivity contribution is 4.94. The summed E-state index contributed by atoms with van der Waals surface area (Å²) in [7, 11) is 0. The lowest BCUT2D eigenvalue weighted by molar-refractivity contribution is -0.0315. The molecule has 6 nitrogen and oxygen atoms in total. The van der Waals surface area contributed by atoms with Crippen molar-refractivity contribution in [3.63, 3.8) is 0 Å². The lowest BCUT2D eigenvalue weighted by atomic mass is 10.0. The normalized spacial score (nSPS) is 25.2. The second-order valence-corrected chi connectivity index (χ2v) is 3.83. The van der Waals surface area contributed by atoms with Gasteiger partial charge in [-0.05, 0) is 12.8 Å². The maximum atomic E-state index is 8.70. The van der Waals surface area contributed by atoms with Gasteiger partial charge >= 0.3 is 0 Å². The van der Waals surface area contributed by atoms with Crippen LogP contribution in [0.3, 0.4) is 0 Å². The van der Waals surface area contributed by atoms with Crippen molar-refractivity contribution in [1.29, 1.82) is 5.26 Å². The molecule has 0 aliphatic carbocycles. The number of hydrogen-bond donors (Lipinski definition) is 2. The van der Waals surface area contributed by atoms with Crippen molar-refractivity contribution in [2.75, 3.05) is 6.54 Å². The van der Waals surface area contributed by atoms with E-state index in [0.717, 1.165) is 19.4 Å². The molecule has 1 aromatic heterocycles. The fraction of sp³-hybridized carbons (Fsp3) is 0.600. The van der Waals surface area contributed by atoms with Gasteiger partial charge in [-0.15, -0.1) is 0 Å². The van der Waals surface area contributed by atoms with E-state index >= 15 is 0 Å². The molecule has 0 amide bonds. The molecule has 2 N–H and O–H groups in total. The van der Waals surface area contributed by atoms with E-state index in [1.54, 1.807) is 12.5 Å². The molecule has 6 heteroatoms. The second-order valence-electron chi connectivity index (χ2n) is 3.83. The summed E-state index contributed by atoms with van der Waals surface area (Å²) in [6, 6.07) is 2.47. The van der Waals surface area contributed by atoms with E-state index in [2.05, 4.69) is 21.9 Å². The zero-order valence-electron chi connectivity index (χ0n) is 8.97. The summed E-state index contributed by atoms with van der Waals surface area (Å²) in [6.45, 7) is 1.21. The number of rotatable bonds is 4. The van der Waals surface area contributed by atoms with Crippen molar-refractivity contribution in [2.45, 2.75) is 31.7 Å². The number of nitrogens with zero attached hydrogens (tertiary/aromatic N) is 3. The first kappa shape index (κ1) is 11.1. The molecule has 0 aromatic carbocycles. The molecular formula is C10H15N5O. The van der Waals surface area contributed by atoms with Crippen molar-refractivity contribution in [3.05, 3.63) is 18.7 Å². The van der Waals surface area contributed by atoms with Gasteiger partial charge in [0.05, 0.1) is 18.4 Å². The van der Waals surface area contributed by atoms with Gasteiger partial charge in [0.2, 0.25) is 0 Å². The topological polar surface area (TPSA) is 74.9 Å². The van der Waals surface area contributed by atoms with Crippen LogP contribution in [0.1, 0.15) is 12.8 Å². The van der Waals surface area contributed by atoms with Gasteiger partial charge in [-0.1, -0.05) is 0 Å². The first-order chi connectivity index (χ1) is 7.88. The molecule has 2 heterocycles. The van der Waals surface area contributed by atoms with Gasteiger partial charge in [-0.2, -0.15) is 10.7 Å². The Morgan fingerprint density at radius 1 is 1.62 bits per heavy atom. The van der Waals surface area contributed by atoms with Crippen LogP contribution >= 0.6 is 0 Å². The molecule has 0 bridgehead atoms.